The quantitative estimate of drug-likeness (QED) is 0.849. The van der Waals surface area contributed by atoms with E-state index in [9.17, 15) is 0 Å². The smallest absolute Gasteiger partial charge is 0.214 e. The van der Waals surface area contributed by atoms with Gasteiger partial charge >= 0.3 is 0 Å². The first-order valence-corrected chi connectivity index (χ1v) is 5.87. The molecule has 2 aromatic heterocycles. The first-order chi connectivity index (χ1) is 7.78. The van der Waals surface area contributed by atoms with Crippen molar-refractivity contribution in [3.63, 3.8) is 0 Å². The van der Waals surface area contributed by atoms with E-state index < -0.39 is 0 Å². The lowest BCUT2D eigenvalue weighted by Gasteiger charge is -2.02. The first-order valence-electron chi connectivity index (χ1n) is 5.05. The molecule has 5 nitrogen and oxygen atoms in total. The molecule has 0 aliphatic carbocycles. The van der Waals surface area contributed by atoms with Gasteiger partial charge in [-0.1, -0.05) is 6.07 Å². The van der Waals surface area contributed by atoms with Gasteiger partial charge in [-0.05, 0) is 37.7 Å². The Balaban J connectivity index is 2.12. The molecule has 0 saturated carbocycles. The number of nitrogens with zero attached hydrogens (tertiary/aromatic N) is 3. The fourth-order valence-electron chi connectivity index (χ4n) is 1.21. The average Bonchev–Trinajstić information content (AvgIpc) is 2.65. The molecule has 0 atom stereocenters. The van der Waals surface area contributed by atoms with Crippen LogP contribution in [-0.4, -0.2) is 26.7 Å². The molecule has 2 N–H and O–H groups in total. The van der Waals surface area contributed by atoms with Crippen molar-refractivity contribution in [2.24, 2.45) is 0 Å². The van der Waals surface area contributed by atoms with Crippen molar-refractivity contribution < 1.29 is 0 Å². The van der Waals surface area contributed by atoms with Crippen LogP contribution in [0.2, 0.25) is 0 Å². The van der Waals surface area contributed by atoms with Crippen LogP contribution in [0.5, 0.6) is 0 Å². The zero-order chi connectivity index (χ0) is 11.4. The molecule has 84 valence electrons. The molecule has 0 aromatic carbocycles. The van der Waals surface area contributed by atoms with Gasteiger partial charge in [0, 0.05) is 6.54 Å². The Kier molecular flexibility index (Phi) is 3.40. The molecule has 0 amide bonds. The summed E-state index contributed by atoms with van der Waals surface area (Å²) < 4.78 is 0. The molecule has 0 radical (unpaired) electrons. The van der Waals surface area contributed by atoms with Crippen LogP contribution in [0.4, 0.5) is 5.82 Å². The zero-order valence-electron chi connectivity index (χ0n) is 9.19. The monoisotopic (exact) mass is 235 g/mol. The molecule has 0 fully saturated rings. The van der Waals surface area contributed by atoms with Gasteiger partial charge in [0.25, 0.3) is 0 Å². The predicted molar refractivity (Wildman–Crippen MR) is 63.6 cm³/mol. The molecule has 0 aliphatic rings. The third-order valence-electron chi connectivity index (χ3n) is 1.85. The van der Waals surface area contributed by atoms with E-state index in [4.69, 9.17) is 0 Å². The minimum absolute atomic E-state index is 0.693. The fourth-order valence-corrected chi connectivity index (χ4v) is 1.96. The van der Waals surface area contributed by atoms with E-state index in [0.717, 1.165) is 23.2 Å². The molecular weight excluding hydrogens is 222 g/mol. The second kappa shape index (κ2) is 4.98. The number of aromatic amines is 1. The highest BCUT2D eigenvalue weighted by atomic mass is 32.2. The lowest BCUT2D eigenvalue weighted by molar-refractivity contribution is 0.964. The number of nitrogens with one attached hydrogen (secondary N) is 2. The minimum atomic E-state index is 0.693. The van der Waals surface area contributed by atoms with E-state index >= 15 is 0 Å². The van der Waals surface area contributed by atoms with E-state index in [2.05, 4.69) is 25.5 Å². The van der Waals surface area contributed by atoms with Crippen LogP contribution < -0.4 is 5.32 Å². The predicted octanol–water partition coefficient (Wildman–Crippen LogP) is 2.09. The summed E-state index contributed by atoms with van der Waals surface area (Å²) in [5.41, 5.74) is 0. The third kappa shape index (κ3) is 2.73. The van der Waals surface area contributed by atoms with Crippen molar-refractivity contribution in [2.75, 3.05) is 11.9 Å². The number of anilines is 1. The molecule has 6 heteroatoms. The zero-order valence-corrected chi connectivity index (χ0v) is 10.0. The minimum Gasteiger partial charge on any atom is -0.370 e. The summed E-state index contributed by atoms with van der Waals surface area (Å²) in [6, 6.07) is 5.85. The van der Waals surface area contributed by atoms with Crippen LogP contribution in [0.15, 0.2) is 28.4 Å². The Morgan fingerprint density at radius 1 is 1.38 bits per heavy atom. The highest BCUT2D eigenvalue weighted by Gasteiger charge is 2.04. The molecule has 0 unspecified atom stereocenters. The second-order valence-electron chi connectivity index (χ2n) is 3.20. The summed E-state index contributed by atoms with van der Waals surface area (Å²) >= 11 is 1.44. The van der Waals surface area contributed by atoms with Gasteiger partial charge in [0.05, 0.1) is 0 Å². The normalized spacial score (nSPS) is 10.4. The topological polar surface area (TPSA) is 66.5 Å². The Labute approximate surface area is 98.1 Å². The van der Waals surface area contributed by atoms with E-state index in [1.54, 1.807) is 0 Å². The Bertz CT molecular complexity index is 468. The van der Waals surface area contributed by atoms with E-state index in [-0.39, 0.29) is 0 Å². The first kappa shape index (κ1) is 10.9. The fraction of sp³-hybridized carbons (Fsp3) is 0.300. The third-order valence-corrected chi connectivity index (χ3v) is 2.66. The Morgan fingerprint density at radius 3 is 2.94 bits per heavy atom. The largest absolute Gasteiger partial charge is 0.370 e. The van der Waals surface area contributed by atoms with Crippen molar-refractivity contribution in [1.82, 2.24) is 20.2 Å². The number of aryl methyl sites for hydroxylation is 1. The Hall–Kier alpha value is -1.56. The molecule has 2 rings (SSSR count). The molecule has 16 heavy (non-hydrogen) atoms. The number of aromatic nitrogens is 4. The van der Waals surface area contributed by atoms with Crippen LogP contribution >= 0.6 is 11.8 Å². The summed E-state index contributed by atoms with van der Waals surface area (Å²) in [6.07, 6.45) is 0. The average molecular weight is 235 g/mol. The van der Waals surface area contributed by atoms with Crippen LogP contribution in [-0.2, 0) is 0 Å². The van der Waals surface area contributed by atoms with E-state index in [1.807, 2.05) is 32.0 Å². The molecule has 0 spiro atoms. The SMILES string of the molecule is CCNc1cccc(Sc2n[nH]c(C)n2)n1. The van der Waals surface area contributed by atoms with E-state index in [0.29, 0.717) is 5.16 Å². The molecule has 0 saturated heterocycles. The second-order valence-corrected chi connectivity index (χ2v) is 4.18. The van der Waals surface area contributed by atoms with Gasteiger partial charge in [-0.2, -0.15) is 0 Å². The molecular formula is C10H13N5S. The molecule has 2 aromatic rings. The van der Waals surface area contributed by atoms with Gasteiger partial charge < -0.3 is 5.32 Å². The van der Waals surface area contributed by atoms with Gasteiger partial charge in [0.2, 0.25) is 5.16 Å². The Morgan fingerprint density at radius 2 is 2.25 bits per heavy atom. The summed E-state index contributed by atoms with van der Waals surface area (Å²) in [6.45, 7) is 4.78. The number of hydrogen-bond acceptors (Lipinski definition) is 5. The molecule has 2 heterocycles. The number of hydrogen-bond donors (Lipinski definition) is 2. The van der Waals surface area contributed by atoms with Gasteiger partial charge in [0.1, 0.15) is 16.7 Å². The highest BCUT2D eigenvalue weighted by molar-refractivity contribution is 7.99. The summed E-state index contributed by atoms with van der Waals surface area (Å²) in [4.78, 5) is 8.64. The lowest BCUT2D eigenvalue weighted by atomic mass is 10.4. The van der Waals surface area contributed by atoms with Gasteiger partial charge in [-0.25, -0.2) is 9.97 Å². The maximum absolute atomic E-state index is 4.42. The molecule has 0 bridgehead atoms. The van der Waals surface area contributed by atoms with Crippen molar-refractivity contribution in [2.45, 2.75) is 24.0 Å². The standard InChI is InChI=1S/C10H13N5S/c1-3-11-8-5-4-6-9(13-8)16-10-12-7(2)14-15-10/h4-6H,3H2,1-2H3,(H,11,13)(H,12,14,15). The lowest BCUT2D eigenvalue weighted by Crippen LogP contribution is -1.98. The maximum Gasteiger partial charge on any atom is 0.214 e. The van der Waals surface area contributed by atoms with Crippen molar-refractivity contribution in [3.05, 3.63) is 24.0 Å². The van der Waals surface area contributed by atoms with Crippen LogP contribution in [0, 0.1) is 6.92 Å². The van der Waals surface area contributed by atoms with Gasteiger partial charge in [-0.15, -0.1) is 5.10 Å². The van der Waals surface area contributed by atoms with Crippen molar-refractivity contribution in [3.8, 4) is 0 Å². The summed E-state index contributed by atoms with van der Waals surface area (Å²) in [5, 5.41) is 11.6. The highest BCUT2D eigenvalue weighted by Crippen LogP contribution is 2.23. The van der Waals surface area contributed by atoms with Gasteiger partial charge in [-0.3, -0.25) is 5.10 Å². The molecule has 0 aliphatic heterocycles. The number of pyridine rings is 1. The number of rotatable bonds is 4. The summed E-state index contributed by atoms with van der Waals surface area (Å²) in [5.74, 6) is 1.69. The van der Waals surface area contributed by atoms with Crippen molar-refractivity contribution in [1.29, 1.82) is 0 Å². The van der Waals surface area contributed by atoms with Crippen LogP contribution in [0.3, 0.4) is 0 Å². The summed E-state index contributed by atoms with van der Waals surface area (Å²) in [7, 11) is 0. The van der Waals surface area contributed by atoms with Crippen LogP contribution in [0.1, 0.15) is 12.7 Å². The maximum atomic E-state index is 4.42. The van der Waals surface area contributed by atoms with Crippen LogP contribution in [0.25, 0.3) is 0 Å². The van der Waals surface area contributed by atoms with Gasteiger partial charge in [0.15, 0.2) is 0 Å². The van der Waals surface area contributed by atoms with Crippen molar-refractivity contribution >= 4 is 17.6 Å². The van der Waals surface area contributed by atoms with E-state index in [1.165, 1.54) is 11.8 Å². The number of H-pyrrole nitrogens is 1.